The standard InChI is InChI=1S/C17H27N3/c1-14(18)15-7-10-20(13-15)17-8-11-19(12-9-17)16-5-3-2-4-6-16/h2-6,14-15,17H,7-13,18H2,1H3. The van der Waals surface area contributed by atoms with Gasteiger partial charge in [-0.05, 0) is 50.8 Å². The topological polar surface area (TPSA) is 32.5 Å². The highest BCUT2D eigenvalue weighted by molar-refractivity contribution is 5.46. The smallest absolute Gasteiger partial charge is 0.0366 e. The van der Waals surface area contributed by atoms with Crippen LogP contribution in [-0.2, 0) is 0 Å². The summed E-state index contributed by atoms with van der Waals surface area (Å²) in [6, 6.07) is 11.9. The van der Waals surface area contributed by atoms with Crippen molar-refractivity contribution >= 4 is 5.69 Å². The molecule has 1 aromatic carbocycles. The molecule has 0 aliphatic carbocycles. The molecule has 0 bridgehead atoms. The molecule has 2 fully saturated rings. The summed E-state index contributed by atoms with van der Waals surface area (Å²) in [5.74, 6) is 0.710. The van der Waals surface area contributed by atoms with Gasteiger partial charge < -0.3 is 10.6 Å². The molecule has 2 N–H and O–H groups in total. The van der Waals surface area contributed by atoms with Gasteiger partial charge in [0, 0.05) is 37.4 Å². The van der Waals surface area contributed by atoms with Gasteiger partial charge in [0.25, 0.3) is 0 Å². The number of benzene rings is 1. The maximum atomic E-state index is 6.05. The number of nitrogens with zero attached hydrogens (tertiary/aromatic N) is 2. The molecule has 0 spiro atoms. The third-order valence-electron chi connectivity index (χ3n) is 5.10. The Morgan fingerprint density at radius 3 is 2.35 bits per heavy atom. The number of likely N-dealkylation sites (tertiary alicyclic amines) is 1. The van der Waals surface area contributed by atoms with Crippen molar-refractivity contribution in [1.29, 1.82) is 0 Å². The predicted octanol–water partition coefficient (Wildman–Crippen LogP) is 2.32. The minimum absolute atomic E-state index is 0.351. The van der Waals surface area contributed by atoms with E-state index in [-0.39, 0.29) is 0 Å². The summed E-state index contributed by atoms with van der Waals surface area (Å²) >= 11 is 0. The van der Waals surface area contributed by atoms with Gasteiger partial charge in [-0.15, -0.1) is 0 Å². The number of rotatable bonds is 3. The average Bonchev–Trinajstić information content (AvgIpc) is 2.98. The average molecular weight is 273 g/mol. The molecule has 2 atom stereocenters. The molecule has 2 unspecified atom stereocenters. The first kappa shape index (κ1) is 13.9. The predicted molar refractivity (Wildman–Crippen MR) is 85.0 cm³/mol. The Labute approximate surface area is 122 Å². The van der Waals surface area contributed by atoms with Crippen LogP contribution in [0, 0.1) is 5.92 Å². The lowest BCUT2D eigenvalue weighted by Crippen LogP contribution is -2.44. The van der Waals surface area contributed by atoms with E-state index in [0.29, 0.717) is 12.0 Å². The van der Waals surface area contributed by atoms with Gasteiger partial charge in [0.2, 0.25) is 0 Å². The van der Waals surface area contributed by atoms with Crippen molar-refractivity contribution in [3.05, 3.63) is 30.3 Å². The molecule has 1 aromatic rings. The molecule has 3 nitrogen and oxygen atoms in total. The van der Waals surface area contributed by atoms with E-state index in [9.17, 15) is 0 Å². The van der Waals surface area contributed by atoms with Crippen LogP contribution in [0.25, 0.3) is 0 Å². The van der Waals surface area contributed by atoms with Crippen LogP contribution in [0.1, 0.15) is 26.2 Å². The lowest BCUT2D eigenvalue weighted by atomic mass is 10.0. The monoisotopic (exact) mass is 273 g/mol. The molecule has 0 aromatic heterocycles. The van der Waals surface area contributed by atoms with Crippen molar-refractivity contribution in [2.75, 3.05) is 31.1 Å². The largest absolute Gasteiger partial charge is 0.371 e. The van der Waals surface area contributed by atoms with E-state index >= 15 is 0 Å². The summed E-state index contributed by atoms with van der Waals surface area (Å²) in [6.45, 7) is 7.00. The van der Waals surface area contributed by atoms with Gasteiger partial charge in [-0.2, -0.15) is 0 Å². The van der Waals surface area contributed by atoms with Crippen LogP contribution in [-0.4, -0.2) is 43.2 Å². The Morgan fingerprint density at radius 1 is 1.05 bits per heavy atom. The van der Waals surface area contributed by atoms with Crippen molar-refractivity contribution in [3.8, 4) is 0 Å². The van der Waals surface area contributed by atoms with E-state index in [1.54, 1.807) is 0 Å². The second-order valence-electron chi connectivity index (χ2n) is 6.46. The van der Waals surface area contributed by atoms with Crippen LogP contribution in [0.3, 0.4) is 0 Å². The highest BCUT2D eigenvalue weighted by atomic mass is 15.2. The zero-order valence-electron chi connectivity index (χ0n) is 12.5. The summed E-state index contributed by atoms with van der Waals surface area (Å²) in [5.41, 5.74) is 7.43. The normalized spacial score (nSPS) is 26.9. The zero-order chi connectivity index (χ0) is 13.9. The van der Waals surface area contributed by atoms with Crippen molar-refractivity contribution in [3.63, 3.8) is 0 Å². The summed E-state index contributed by atoms with van der Waals surface area (Å²) < 4.78 is 0. The molecule has 0 radical (unpaired) electrons. The first-order valence-corrected chi connectivity index (χ1v) is 8.03. The quantitative estimate of drug-likeness (QED) is 0.917. The first-order chi connectivity index (χ1) is 9.74. The molecule has 2 heterocycles. The number of piperidine rings is 1. The van der Waals surface area contributed by atoms with Crippen LogP contribution in [0.5, 0.6) is 0 Å². The number of hydrogen-bond donors (Lipinski definition) is 1. The molecule has 3 heteroatoms. The third-order valence-corrected chi connectivity index (χ3v) is 5.10. The molecule has 3 rings (SSSR count). The van der Waals surface area contributed by atoms with Crippen molar-refractivity contribution in [2.24, 2.45) is 11.7 Å². The first-order valence-electron chi connectivity index (χ1n) is 8.03. The highest BCUT2D eigenvalue weighted by Crippen LogP contribution is 2.27. The number of hydrogen-bond acceptors (Lipinski definition) is 3. The van der Waals surface area contributed by atoms with E-state index in [1.165, 1.54) is 51.1 Å². The van der Waals surface area contributed by atoms with Crippen molar-refractivity contribution < 1.29 is 0 Å². The summed E-state index contributed by atoms with van der Waals surface area (Å²) in [4.78, 5) is 5.21. The Bertz CT molecular complexity index is 410. The fraction of sp³-hybridized carbons (Fsp3) is 0.647. The van der Waals surface area contributed by atoms with E-state index in [4.69, 9.17) is 5.73 Å². The molecule has 0 amide bonds. The van der Waals surface area contributed by atoms with Gasteiger partial charge in [-0.1, -0.05) is 18.2 Å². The van der Waals surface area contributed by atoms with E-state index in [0.717, 1.165) is 6.04 Å². The Balaban J connectivity index is 1.52. The highest BCUT2D eigenvalue weighted by Gasteiger charge is 2.31. The molecule has 20 heavy (non-hydrogen) atoms. The van der Waals surface area contributed by atoms with E-state index in [2.05, 4.69) is 47.1 Å². The second-order valence-corrected chi connectivity index (χ2v) is 6.46. The SMILES string of the molecule is CC(N)C1CCN(C2CCN(c3ccccc3)CC2)C1. The van der Waals surface area contributed by atoms with Gasteiger partial charge in [-0.25, -0.2) is 0 Å². The summed E-state index contributed by atoms with van der Waals surface area (Å²) in [7, 11) is 0. The third kappa shape index (κ3) is 2.99. The molecular formula is C17H27N3. The van der Waals surface area contributed by atoms with E-state index in [1.807, 2.05) is 0 Å². The van der Waals surface area contributed by atoms with Crippen LogP contribution in [0.2, 0.25) is 0 Å². The van der Waals surface area contributed by atoms with Crippen LogP contribution in [0.4, 0.5) is 5.69 Å². The van der Waals surface area contributed by atoms with Gasteiger partial charge in [-0.3, -0.25) is 4.90 Å². The fourth-order valence-electron chi connectivity index (χ4n) is 3.70. The van der Waals surface area contributed by atoms with Gasteiger partial charge in [0.05, 0.1) is 0 Å². The van der Waals surface area contributed by atoms with Crippen molar-refractivity contribution in [2.45, 2.75) is 38.3 Å². The summed E-state index contributed by atoms with van der Waals surface area (Å²) in [5, 5.41) is 0. The minimum Gasteiger partial charge on any atom is -0.371 e. The van der Waals surface area contributed by atoms with Crippen LogP contribution < -0.4 is 10.6 Å². The van der Waals surface area contributed by atoms with Crippen molar-refractivity contribution in [1.82, 2.24) is 4.90 Å². The Hall–Kier alpha value is -1.06. The maximum Gasteiger partial charge on any atom is 0.0366 e. The van der Waals surface area contributed by atoms with E-state index < -0.39 is 0 Å². The number of anilines is 1. The van der Waals surface area contributed by atoms with Crippen LogP contribution >= 0.6 is 0 Å². The molecule has 2 saturated heterocycles. The molecule has 110 valence electrons. The Morgan fingerprint density at radius 2 is 1.75 bits per heavy atom. The molecule has 0 saturated carbocycles. The van der Waals surface area contributed by atoms with Gasteiger partial charge in [0.1, 0.15) is 0 Å². The number of para-hydroxylation sites is 1. The second kappa shape index (κ2) is 6.15. The molecule has 2 aliphatic heterocycles. The molecule has 2 aliphatic rings. The zero-order valence-corrected chi connectivity index (χ0v) is 12.5. The fourth-order valence-corrected chi connectivity index (χ4v) is 3.70. The number of nitrogens with two attached hydrogens (primary N) is 1. The summed E-state index contributed by atoms with van der Waals surface area (Å²) in [6.07, 6.45) is 3.87. The van der Waals surface area contributed by atoms with Crippen LogP contribution in [0.15, 0.2) is 30.3 Å². The lowest BCUT2D eigenvalue weighted by Gasteiger charge is -2.38. The minimum atomic E-state index is 0.351. The lowest BCUT2D eigenvalue weighted by molar-refractivity contribution is 0.198. The van der Waals surface area contributed by atoms with Gasteiger partial charge in [0.15, 0.2) is 0 Å². The van der Waals surface area contributed by atoms with Gasteiger partial charge >= 0.3 is 0 Å². The maximum absolute atomic E-state index is 6.05. The Kier molecular flexibility index (Phi) is 4.27. The molecular weight excluding hydrogens is 246 g/mol.